The molecule has 3 heteroatoms. The molecule has 0 aromatic rings. The molecular weight excluding hydrogens is 180 g/mol. The molecule has 1 aliphatic rings. The van der Waals surface area contributed by atoms with Crippen molar-refractivity contribution in [2.24, 2.45) is 0 Å². The average molecular weight is 198 g/mol. The van der Waals surface area contributed by atoms with Crippen molar-refractivity contribution in [1.82, 2.24) is 0 Å². The van der Waals surface area contributed by atoms with Gasteiger partial charge in [0.05, 0.1) is 6.61 Å². The quantitative estimate of drug-likeness (QED) is 0.528. The van der Waals surface area contributed by atoms with Crippen LogP contribution < -0.4 is 0 Å². The Morgan fingerprint density at radius 3 is 2.36 bits per heavy atom. The monoisotopic (exact) mass is 198 g/mol. The Morgan fingerprint density at radius 2 is 2.14 bits per heavy atom. The highest BCUT2D eigenvalue weighted by Gasteiger charge is 1.99. The lowest BCUT2D eigenvalue weighted by molar-refractivity contribution is -0.132. The molecule has 1 rings (SSSR count). The highest BCUT2D eigenvalue weighted by molar-refractivity contribution is 5.84. The Balaban J connectivity index is 0.000000255. The van der Waals surface area contributed by atoms with Crippen LogP contribution in [0.3, 0.4) is 0 Å². The molecule has 0 bridgehead atoms. The molecule has 0 saturated carbocycles. The van der Waals surface area contributed by atoms with Crippen LogP contribution in [0.2, 0.25) is 0 Å². The summed E-state index contributed by atoms with van der Waals surface area (Å²) in [7, 11) is 0. The number of aliphatic hydroxyl groups is 1. The molecule has 0 heterocycles. The van der Waals surface area contributed by atoms with Crippen LogP contribution in [-0.4, -0.2) is 22.8 Å². The van der Waals surface area contributed by atoms with Gasteiger partial charge in [0.25, 0.3) is 0 Å². The first kappa shape index (κ1) is 12.9. The van der Waals surface area contributed by atoms with Crippen LogP contribution in [0.4, 0.5) is 0 Å². The molecule has 2 N–H and O–H groups in total. The first-order valence-electron chi connectivity index (χ1n) is 4.75. The number of hydrogen-bond donors (Lipinski definition) is 2. The van der Waals surface area contributed by atoms with E-state index in [0.717, 1.165) is 6.42 Å². The van der Waals surface area contributed by atoms with E-state index in [9.17, 15) is 4.79 Å². The van der Waals surface area contributed by atoms with Gasteiger partial charge in [-0.25, -0.2) is 4.79 Å². The van der Waals surface area contributed by atoms with Gasteiger partial charge in [0.15, 0.2) is 0 Å². The predicted octanol–water partition coefficient (Wildman–Crippen LogP) is 2.13. The van der Waals surface area contributed by atoms with Crippen LogP contribution in [0.5, 0.6) is 0 Å². The maximum atomic E-state index is 9.60. The van der Waals surface area contributed by atoms with Crippen molar-refractivity contribution < 1.29 is 15.0 Å². The molecule has 0 spiro atoms. The molecule has 0 saturated heterocycles. The lowest BCUT2D eigenvalue weighted by Gasteiger charge is -2.08. The number of hydrogen-bond acceptors (Lipinski definition) is 2. The van der Waals surface area contributed by atoms with Crippen molar-refractivity contribution in [3.8, 4) is 0 Å². The number of carboxylic acid groups (broad SMARTS) is 1. The number of aliphatic carboxylic acids is 1. The van der Waals surface area contributed by atoms with Gasteiger partial charge in [0, 0.05) is 5.57 Å². The highest BCUT2D eigenvalue weighted by Crippen LogP contribution is 2.15. The minimum atomic E-state index is -0.935. The Labute approximate surface area is 84.8 Å². The summed E-state index contributed by atoms with van der Waals surface area (Å²) in [6.07, 6.45) is 7.03. The maximum Gasteiger partial charge on any atom is 0.330 e. The third-order valence-electron chi connectivity index (χ3n) is 1.95. The minimum Gasteiger partial charge on any atom is -0.478 e. The highest BCUT2D eigenvalue weighted by atomic mass is 16.4. The van der Waals surface area contributed by atoms with E-state index in [1.807, 2.05) is 0 Å². The van der Waals surface area contributed by atoms with E-state index in [2.05, 4.69) is 12.7 Å². The fourth-order valence-corrected chi connectivity index (χ4v) is 1.05. The van der Waals surface area contributed by atoms with Crippen LogP contribution in [0, 0.1) is 0 Å². The summed E-state index contributed by atoms with van der Waals surface area (Å²) in [6.45, 7) is 4.88. The van der Waals surface area contributed by atoms with E-state index in [0.29, 0.717) is 0 Å². The Bertz CT molecular complexity index is 217. The molecule has 3 nitrogen and oxygen atoms in total. The topological polar surface area (TPSA) is 57.5 Å². The van der Waals surface area contributed by atoms with E-state index in [-0.39, 0.29) is 12.2 Å². The number of carboxylic acids is 1. The molecule has 80 valence electrons. The van der Waals surface area contributed by atoms with Gasteiger partial charge in [-0.3, -0.25) is 0 Å². The first-order valence-corrected chi connectivity index (χ1v) is 4.75. The van der Waals surface area contributed by atoms with Crippen molar-refractivity contribution >= 4 is 5.97 Å². The van der Waals surface area contributed by atoms with E-state index >= 15 is 0 Å². The molecule has 0 aliphatic heterocycles. The summed E-state index contributed by atoms with van der Waals surface area (Å²) in [6, 6.07) is 0. The minimum absolute atomic E-state index is 0.176. The first-order chi connectivity index (χ1) is 6.57. The number of rotatable bonds is 2. The Kier molecular flexibility index (Phi) is 6.76. The molecule has 0 radical (unpaired) electrons. The normalized spacial score (nSPS) is 14.9. The molecule has 0 aromatic carbocycles. The smallest absolute Gasteiger partial charge is 0.330 e. The molecule has 0 amide bonds. The second-order valence-electron chi connectivity index (χ2n) is 3.35. The Morgan fingerprint density at radius 1 is 1.57 bits per heavy atom. The summed E-state index contributed by atoms with van der Waals surface area (Å²) in [4.78, 5) is 9.60. The number of allylic oxidation sites excluding steroid dienone is 1. The van der Waals surface area contributed by atoms with Gasteiger partial charge in [-0.15, -0.1) is 0 Å². The zero-order valence-electron chi connectivity index (χ0n) is 8.62. The maximum absolute atomic E-state index is 9.60. The molecule has 0 unspecified atom stereocenters. The third-order valence-corrected chi connectivity index (χ3v) is 1.95. The summed E-state index contributed by atoms with van der Waals surface area (Å²) in [5.74, 6) is -0.935. The van der Waals surface area contributed by atoms with E-state index in [4.69, 9.17) is 10.2 Å². The van der Waals surface area contributed by atoms with Crippen molar-refractivity contribution in [1.29, 1.82) is 0 Å². The summed E-state index contributed by atoms with van der Waals surface area (Å²) in [5, 5.41) is 16.5. The molecule has 0 aromatic heterocycles. The SMILES string of the molecule is C=C(C)C(=O)O.OCC1=CCCCC1. The van der Waals surface area contributed by atoms with Gasteiger partial charge in [0.1, 0.15) is 0 Å². The van der Waals surface area contributed by atoms with Gasteiger partial charge < -0.3 is 10.2 Å². The lowest BCUT2D eigenvalue weighted by atomic mass is 10.0. The van der Waals surface area contributed by atoms with Gasteiger partial charge in [0.2, 0.25) is 0 Å². The number of carbonyl (C=O) groups is 1. The average Bonchev–Trinajstić information content (AvgIpc) is 2.20. The largest absolute Gasteiger partial charge is 0.478 e. The van der Waals surface area contributed by atoms with Crippen molar-refractivity contribution in [3.63, 3.8) is 0 Å². The fourth-order valence-electron chi connectivity index (χ4n) is 1.05. The molecule has 0 fully saturated rings. The third kappa shape index (κ3) is 6.43. The fraction of sp³-hybridized carbons (Fsp3) is 0.545. The molecule has 1 aliphatic carbocycles. The van der Waals surface area contributed by atoms with Crippen LogP contribution >= 0.6 is 0 Å². The van der Waals surface area contributed by atoms with Gasteiger partial charge in [-0.05, 0) is 38.2 Å². The van der Waals surface area contributed by atoms with Crippen molar-refractivity contribution in [2.45, 2.75) is 32.6 Å². The van der Waals surface area contributed by atoms with E-state index in [1.165, 1.54) is 31.8 Å². The second-order valence-corrected chi connectivity index (χ2v) is 3.35. The van der Waals surface area contributed by atoms with Crippen LogP contribution in [0.15, 0.2) is 23.8 Å². The second kappa shape index (κ2) is 7.33. The summed E-state index contributed by atoms with van der Waals surface area (Å²) < 4.78 is 0. The molecule has 0 atom stereocenters. The van der Waals surface area contributed by atoms with Crippen molar-refractivity contribution in [2.75, 3.05) is 6.61 Å². The van der Waals surface area contributed by atoms with E-state index < -0.39 is 5.97 Å². The zero-order chi connectivity index (χ0) is 11.0. The summed E-state index contributed by atoms with van der Waals surface area (Å²) >= 11 is 0. The molecular formula is C11H18O3. The van der Waals surface area contributed by atoms with Crippen LogP contribution in [0.25, 0.3) is 0 Å². The van der Waals surface area contributed by atoms with Crippen LogP contribution in [-0.2, 0) is 4.79 Å². The number of aliphatic hydroxyl groups excluding tert-OH is 1. The van der Waals surface area contributed by atoms with E-state index in [1.54, 1.807) is 0 Å². The standard InChI is InChI=1S/C7H12O.C4H6O2/c8-6-7-4-2-1-3-5-7;1-3(2)4(5)6/h4,8H,1-3,5-6H2;1H2,2H3,(H,5,6). The summed E-state index contributed by atoms with van der Waals surface area (Å²) in [5.41, 5.74) is 1.41. The predicted molar refractivity (Wildman–Crippen MR) is 56.1 cm³/mol. The van der Waals surface area contributed by atoms with Crippen LogP contribution in [0.1, 0.15) is 32.6 Å². The Hall–Kier alpha value is -1.09. The van der Waals surface area contributed by atoms with Gasteiger partial charge >= 0.3 is 5.97 Å². The van der Waals surface area contributed by atoms with Gasteiger partial charge in [-0.1, -0.05) is 12.7 Å². The lowest BCUT2D eigenvalue weighted by Crippen LogP contribution is -1.95. The zero-order valence-corrected chi connectivity index (χ0v) is 8.62. The van der Waals surface area contributed by atoms with Gasteiger partial charge in [-0.2, -0.15) is 0 Å². The molecule has 14 heavy (non-hydrogen) atoms. The van der Waals surface area contributed by atoms with Crippen molar-refractivity contribution in [3.05, 3.63) is 23.8 Å².